The van der Waals surface area contributed by atoms with Crippen LogP contribution < -0.4 is 5.32 Å². The molecule has 3 aromatic rings. The van der Waals surface area contributed by atoms with E-state index < -0.39 is 0 Å². The highest BCUT2D eigenvalue weighted by Crippen LogP contribution is 2.38. The van der Waals surface area contributed by atoms with Crippen molar-refractivity contribution in [2.45, 2.75) is 63.5 Å². The Labute approximate surface area is 187 Å². The number of rotatable bonds is 8. The second-order valence-corrected chi connectivity index (χ2v) is 10.2. The van der Waals surface area contributed by atoms with Crippen molar-refractivity contribution in [1.29, 1.82) is 0 Å². The SMILES string of the molecule is Cc1sc2ncnc(Sc3ccccc3C(=O)NCCN(C(C)C)C(C)C)c2c1C. The van der Waals surface area contributed by atoms with E-state index in [1.165, 1.54) is 22.2 Å². The van der Waals surface area contributed by atoms with Gasteiger partial charge in [0.1, 0.15) is 16.2 Å². The molecule has 0 aliphatic heterocycles. The van der Waals surface area contributed by atoms with Crippen LogP contribution in [0.25, 0.3) is 10.2 Å². The van der Waals surface area contributed by atoms with Crippen molar-refractivity contribution >= 4 is 39.2 Å². The van der Waals surface area contributed by atoms with Gasteiger partial charge in [-0.05, 0) is 59.2 Å². The molecule has 0 atom stereocenters. The molecule has 0 unspecified atom stereocenters. The van der Waals surface area contributed by atoms with E-state index in [9.17, 15) is 4.79 Å². The molecule has 0 spiro atoms. The molecule has 0 saturated carbocycles. The van der Waals surface area contributed by atoms with Gasteiger partial charge in [-0.1, -0.05) is 23.9 Å². The van der Waals surface area contributed by atoms with E-state index in [0.717, 1.165) is 26.7 Å². The molecular formula is C23H30N4OS2. The minimum Gasteiger partial charge on any atom is -0.351 e. The molecule has 0 saturated heterocycles. The first kappa shape index (κ1) is 22.7. The van der Waals surface area contributed by atoms with E-state index in [4.69, 9.17) is 0 Å². The number of carbonyl (C=O) groups is 1. The van der Waals surface area contributed by atoms with Gasteiger partial charge in [0.25, 0.3) is 5.91 Å². The summed E-state index contributed by atoms with van der Waals surface area (Å²) in [5.74, 6) is -0.0471. The van der Waals surface area contributed by atoms with Gasteiger partial charge >= 0.3 is 0 Å². The van der Waals surface area contributed by atoms with Gasteiger partial charge in [-0.2, -0.15) is 0 Å². The molecule has 2 aromatic heterocycles. The molecule has 0 radical (unpaired) electrons. The molecule has 30 heavy (non-hydrogen) atoms. The zero-order valence-electron chi connectivity index (χ0n) is 18.5. The summed E-state index contributed by atoms with van der Waals surface area (Å²) in [5.41, 5.74) is 1.89. The van der Waals surface area contributed by atoms with Gasteiger partial charge in [0.15, 0.2) is 0 Å². The molecule has 0 bridgehead atoms. The zero-order chi connectivity index (χ0) is 21.8. The minimum absolute atomic E-state index is 0.0471. The predicted octanol–water partition coefficient (Wildman–Crippen LogP) is 5.31. The summed E-state index contributed by atoms with van der Waals surface area (Å²) in [6.07, 6.45) is 1.61. The van der Waals surface area contributed by atoms with Crippen molar-refractivity contribution in [2.24, 2.45) is 0 Å². The maximum atomic E-state index is 12.9. The first-order chi connectivity index (χ1) is 14.3. The van der Waals surface area contributed by atoms with Crippen LogP contribution in [0.15, 0.2) is 40.5 Å². The number of hydrogen-bond donors (Lipinski definition) is 1. The fourth-order valence-corrected chi connectivity index (χ4v) is 5.72. The van der Waals surface area contributed by atoms with Crippen molar-refractivity contribution in [1.82, 2.24) is 20.2 Å². The van der Waals surface area contributed by atoms with Gasteiger partial charge in [-0.15, -0.1) is 11.3 Å². The first-order valence-electron chi connectivity index (χ1n) is 10.3. The van der Waals surface area contributed by atoms with E-state index >= 15 is 0 Å². The lowest BCUT2D eigenvalue weighted by atomic mass is 10.2. The largest absolute Gasteiger partial charge is 0.351 e. The Balaban J connectivity index is 1.78. The topological polar surface area (TPSA) is 58.1 Å². The number of aryl methyl sites for hydroxylation is 2. The van der Waals surface area contributed by atoms with Crippen LogP contribution in [0.2, 0.25) is 0 Å². The third kappa shape index (κ3) is 5.02. The molecule has 5 nitrogen and oxygen atoms in total. The predicted molar refractivity (Wildman–Crippen MR) is 127 cm³/mol. The Hall–Kier alpha value is -1.96. The average molecular weight is 443 g/mol. The van der Waals surface area contributed by atoms with Gasteiger partial charge in [0.2, 0.25) is 0 Å². The summed E-state index contributed by atoms with van der Waals surface area (Å²) in [6, 6.07) is 8.62. The highest BCUT2D eigenvalue weighted by atomic mass is 32.2. The quantitative estimate of drug-likeness (QED) is 0.479. The van der Waals surface area contributed by atoms with Crippen molar-refractivity contribution < 1.29 is 4.79 Å². The fraction of sp³-hybridized carbons (Fsp3) is 0.435. The molecule has 2 heterocycles. The highest BCUT2D eigenvalue weighted by molar-refractivity contribution is 7.99. The highest BCUT2D eigenvalue weighted by Gasteiger charge is 2.18. The summed E-state index contributed by atoms with van der Waals surface area (Å²) in [5, 5.41) is 5.08. The minimum atomic E-state index is -0.0471. The lowest BCUT2D eigenvalue weighted by molar-refractivity contribution is 0.0936. The van der Waals surface area contributed by atoms with Crippen molar-refractivity contribution in [3.05, 3.63) is 46.6 Å². The molecular weight excluding hydrogens is 412 g/mol. The molecule has 3 rings (SSSR count). The molecule has 0 fully saturated rings. The van der Waals surface area contributed by atoms with Gasteiger partial charge in [0.05, 0.1) is 5.56 Å². The van der Waals surface area contributed by atoms with Crippen LogP contribution >= 0.6 is 23.1 Å². The fourth-order valence-electron chi connectivity index (χ4n) is 3.58. The number of nitrogens with zero attached hydrogens (tertiary/aromatic N) is 3. The summed E-state index contributed by atoms with van der Waals surface area (Å²) in [6.45, 7) is 14.4. The van der Waals surface area contributed by atoms with Gasteiger partial charge in [-0.25, -0.2) is 9.97 Å². The number of fused-ring (bicyclic) bond motifs is 1. The molecule has 0 aliphatic carbocycles. The number of hydrogen-bond acceptors (Lipinski definition) is 6. The Kier molecular flexibility index (Phi) is 7.50. The van der Waals surface area contributed by atoms with Gasteiger partial charge < -0.3 is 5.32 Å². The van der Waals surface area contributed by atoms with Gasteiger partial charge in [-0.3, -0.25) is 9.69 Å². The Morgan fingerprint density at radius 1 is 1.13 bits per heavy atom. The Morgan fingerprint density at radius 3 is 2.53 bits per heavy atom. The molecule has 1 N–H and O–H groups in total. The van der Waals surface area contributed by atoms with Crippen molar-refractivity contribution in [2.75, 3.05) is 13.1 Å². The van der Waals surface area contributed by atoms with E-state index in [1.807, 2.05) is 24.3 Å². The number of nitrogens with one attached hydrogen (secondary N) is 1. The molecule has 0 aliphatic rings. The second kappa shape index (κ2) is 9.90. The van der Waals surface area contributed by atoms with Crippen LogP contribution in [-0.4, -0.2) is 45.9 Å². The summed E-state index contributed by atoms with van der Waals surface area (Å²) in [7, 11) is 0. The maximum absolute atomic E-state index is 12.9. The molecule has 1 amide bonds. The molecule has 1 aromatic carbocycles. The van der Waals surface area contributed by atoms with Crippen LogP contribution in [0.1, 0.15) is 48.5 Å². The third-order valence-electron chi connectivity index (χ3n) is 5.25. The molecule has 7 heteroatoms. The smallest absolute Gasteiger partial charge is 0.252 e. The van der Waals surface area contributed by atoms with E-state index in [-0.39, 0.29) is 5.91 Å². The van der Waals surface area contributed by atoms with Crippen molar-refractivity contribution in [3.8, 4) is 0 Å². The van der Waals surface area contributed by atoms with Crippen LogP contribution in [0.5, 0.6) is 0 Å². The average Bonchev–Trinajstić information content (AvgIpc) is 2.99. The number of carbonyl (C=O) groups excluding carboxylic acids is 1. The summed E-state index contributed by atoms with van der Waals surface area (Å²) >= 11 is 3.22. The Morgan fingerprint density at radius 2 is 1.83 bits per heavy atom. The van der Waals surface area contributed by atoms with Crippen molar-refractivity contribution in [3.63, 3.8) is 0 Å². The Bertz CT molecular complexity index is 1020. The maximum Gasteiger partial charge on any atom is 0.252 e. The zero-order valence-corrected chi connectivity index (χ0v) is 20.2. The second-order valence-electron chi connectivity index (χ2n) is 7.92. The summed E-state index contributed by atoms with van der Waals surface area (Å²) in [4.78, 5) is 27.4. The third-order valence-corrected chi connectivity index (χ3v) is 7.45. The van der Waals surface area contributed by atoms with E-state index in [2.05, 4.69) is 61.7 Å². The monoisotopic (exact) mass is 442 g/mol. The van der Waals surface area contributed by atoms with Crippen LogP contribution in [0, 0.1) is 13.8 Å². The normalized spacial score (nSPS) is 11.8. The summed E-state index contributed by atoms with van der Waals surface area (Å²) < 4.78 is 0. The van der Waals surface area contributed by atoms with Gasteiger partial charge in [0, 0.05) is 40.3 Å². The van der Waals surface area contributed by atoms with Crippen LogP contribution in [0.4, 0.5) is 0 Å². The van der Waals surface area contributed by atoms with E-state index in [0.29, 0.717) is 24.2 Å². The molecule has 160 valence electrons. The number of amides is 1. The first-order valence-corrected chi connectivity index (χ1v) is 11.9. The van der Waals surface area contributed by atoms with Crippen LogP contribution in [-0.2, 0) is 0 Å². The lowest BCUT2D eigenvalue weighted by Crippen LogP contribution is -2.42. The lowest BCUT2D eigenvalue weighted by Gasteiger charge is -2.30. The number of aromatic nitrogens is 2. The van der Waals surface area contributed by atoms with E-state index in [1.54, 1.807) is 17.7 Å². The number of benzene rings is 1. The van der Waals surface area contributed by atoms with Crippen LogP contribution in [0.3, 0.4) is 0 Å². The number of thiophene rings is 1. The standard InChI is InChI=1S/C23H30N4OS2/c1-14(2)27(15(3)4)12-11-24-21(28)18-9-7-8-10-19(18)30-23-20-16(5)17(6)29-22(20)25-13-26-23/h7-10,13-15H,11-12H2,1-6H3,(H,24,28).